The van der Waals surface area contributed by atoms with Crippen LogP contribution in [-0.2, 0) is 17.4 Å². The van der Waals surface area contributed by atoms with Crippen molar-refractivity contribution >= 4 is 5.97 Å². The maximum Gasteiger partial charge on any atom is 0.416 e. The van der Waals surface area contributed by atoms with Gasteiger partial charge in [-0.15, -0.1) is 0 Å². The first-order valence-corrected chi connectivity index (χ1v) is 8.70. The molecule has 3 aromatic carbocycles. The number of rotatable bonds is 6. The molecule has 3 rings (SSSR count). The first-order chi connectivity index (χ1) is 14.2. The van der Waals surface area contributed by atoms with E-state index in [1.165, 1.54) is 19.2 Å². The van der Waals surface area contributed by atoms with Crippen molar-refractivity contribution in [2.24, 2.45) is 0 Å². The molecule has 0 heterocycles. The van der Waals surface area contributed by atoms with E-state index in [2.05, 4.69) is 0 Å². The minimum atomic E-state index is -4.63. The Bertz CT molecular complexity index is 1080. The molecule has 0 atom stereocenters. The SMILES string of the molecule is COc1cc(CC(=O)O)cc(Oc2cccc(-c3ccc(C(F)(F)F)cc3F)c2)c1. The molecule has 0 saturated heterocycles. The van der Waals surface area contributed by atoms with E-state index in [4.69, 9.17) is 14.6 Å². The second-order valence-corrected chi connectivity index (χ2v) is 6.41. The number of carbonyl (C=O) groups is 1. The van der Waals surface area contributed by atoms with Crippen molar-refractivity contribution in [1.82, 2.24) is 0 Å². The van der Waals surface area contributed by atoms with Crippen LogP contribution in [0.3, 0.4) is 0 Å². The summed E-state index contributed by atoms with van der Waals surface area (Å²) in [5.74, 6) is -1.04. The van der Waals surface area contributed by atoms with Crippen LogP contribution in [0.25, 0.3) is 11.1 Å². The Hall–Kier alpha value is -3.55. The number of hydrogen-bond acceptors (Lipinski definition) is 3. The zero-order valence-corrected chi connectivity index (χ0v) is 15.7. The number of ether oxygens (including phenoxy) is 2. The molecule has 4 nitrogen and oxygen atoms in total. The molecule has 0 saturated carbocycles. The van der Waals surface area contributed by atoms with E-state index in [-0.39, 0.29) is 12.0 Å². The monoisotopic (exact) mass is 420 g/mol. The summed E-state index contributed by atoms with van der Waals surface area (Å²) in [5, 5.41) is 8.98. The third kappa shape index (κ3) is 5.08. The number of carboxylic acid groups (broad SMARTS) is 1. The summed E-state index contributed by atoms with van der Waals surface area (Å²) in [6.07, 6.45) is -4.87. The molecule has 8 heteroatoms. The van der Waals surface area contributed by atoms with Crippen molar-refractivity contribution in [3.8, 4) is 28.4 Å². The molecule has 0 fully saturated rings. The molecule has 0 spiro atoms. The van der Waals surface area contributed by atoms with Gasteiger partial charge in [-0.3, -0.25) is 4.79 Å². The van der Waals surface area contributed by atoms with Gasteiger partial charge in [-0.1, -0.05) is 18.2 Å². The van der Waals surface area contributed by atoms with Crippen molar-refractivity contribution in [1.29, 1.82) is 0 Å². The van der Waals surface area contributed by atoms with Gasteiger partial charge in [-0.2, -0.15) is 13.2 Å². The lowest BCUT2D eigenvalue weighted by molar-refractivity contribution is -0.138. The summed E-state index contributed by atoms with van der Waals surface area (Å²) in [4.78, 5) is 11.0. The summed E-state index contributed by atoms with van der Waals surface area (Å²) < 4.78 is 63.4. The zero-order chi connectivity index (χ0) is 21.9. The molecule has 0 aliphatic heterocycles. The lowest BCUT2D eigenvalue weighted by Gasteiger charge is -2.12. The fourth-order valence-electron chi connectivity index (χ4n) is 2.87. The van der Waals surface area contributed by atoms with E-state index in [1.54, 1.807) is 30.3 Å². The summed E-state index contributed by atoms with van der Waals surface area (Å²) in [5.41, 5.74) is -0.293. The highest BCUT2D eigenvalue weighted by atomic mass is 19.4. The molecule has 0 aliphatic rings. The molecule has 30 heavy (non-hydrogen) atoms. The lowest BCUT2D eigenvalue weighted by Crippen LogP contribution is -2.05. The third-order valence-electron chi connectivity index (χ3n) is 4.21. The van der Waals surface area contributed by atoms with E-state index in [9.17, 15) is 22.4 Å². The number of halogens is 4. The van der Waals surface area contributed by atoms with Gasteiger partial charge in [0.1, 0.15) is 23.1 Å². The van der Waals surface area contributed by atoms with Gasteiger partial charge < -0.3 is 14.6 Å². The summed E-state index contributed by atoms with van der Waals surface area (Å²) >= 11 is 0. The molecule has 1 N–H and O–H groups in total. The molecule has 156 valence electrons. The largest absolute Gasteiger partial charge is 0.497 e. The van der Waals surface area contributed by atoms with Gasteiger partial charge in [0.2, 0.25) is 0 Å². The van der Waals surface area contributed by atoms with E-state index < -0.39 is 23.5 Å². The van der Waals surface area contributed by atoms with E-state index in [0.717, 1.165) is 12.1 Å². The Morgan fingerprint density at radius 3 is 2.33 bits per heavy atom. The van der Waals surface area contributed by atoms with Gasteiger partial charge in [-0.25, -0.2) is 4.39 Å². The molecular weight excluding hydrogens is 404 g/mol. The average Bonchev–Trinajstić information content (AvgIpc) is 2.66. The van der Waals surface area contributed by atoms with Crippen molar-refractivity contribution in [3.63, 3.8) is 0 Å². The van der Waals surface area contributed by atoms with Gasteiger partial charge in [0, 0.05) is 11.6 Å². The molecule has 0 bridgehead atoms. The van der Waals surface area contributed by atoms with Gasteiger partial charge in [-0.05, 0) is 47.5 Å². The average molecular weight is 420 g/mol. The van der Waals surface area contributed by atoms with Crippen molar-refractivity contribution in [3.05, 3.63) is 77.6 Å². The van der Waals surface area contributed by atoms with E-state index >= 15 is 0 Å². The van der Waals surface area contributed by atoms with Crippen molar-refractivity contribution < 1.29 is 36.9 Å². The maximum absolute atomic E-state index is 14.3. The highest BCUT2D eigenvalue weighted by molar-refractivity contribution is 5.71. The highest BCUT2D eigenvalue weighted by Gasteiger charge is 2.31. The van der Waals surface area contributed by atoms with Crippen LogP contribution in [0.15, 0.2) is 60.7 Å². The number of hydrogen-bond donors (Lipinski definition) is 1. The van der Waals surface area contributed by atoms with Gasteiger partial charge in [0.05, 0.1) is 19.1 Å². The molecule has 3 aromatic rings. The molecule has 0 radical (unpaired) electrons. The number of methoxy groups -OCH3 is 1. The Morgan fingerprint density at radius 2 is 1.70 bits per heavy atom. The third-order valence-corrected chi connectivity index (χ3v) is 4.21. The second-order valence-electron chi connectivity index (χ2n) is 6.41. The van der Waals surface area contributed by atoms with Gasteiger partial charge in [0.15, 0.2) is 0 Å². The first-order valence-electron chi connectivity index (χ1n) is 8.70. The van der Waals surface area contributed by atoms with Crippen LogP contribution in [0.5, 0.6) is 17.2 Å². The van der Waals surface area contributed by atoms with Crippen molar-refractivity contribution in [2.75, 3.05) is 7.11 Å². The molecule has 0 amide bonds. The number of aliphatic carboxylic acids is 1. The van der Waals surface area contributed by atoms with Crippen LogP contribution in [0, 0.1) is 5.82 Å². The molecule has 0 aromatic heterocycles. The molecular formula is C22H16F4O4. The molecule has 0 unspecified atom stereocenters. The first kappa shape index (κ1) is 21.2. The second kappa shape index (κ2) is 8.44. The Morgan fingerprint density at radius 1 is 0.967 bits per heavy atom. The quantitative estimate of drug-likeness (QED) is 0.502. The van der Waals surface area contributed by atoms with Crippen LogP contribution >= 0.6 is 0 Å². The van der Waals surface area contributed by atoms with Crippen LogP contribution in [0.1, 0.15) is 11.1 Å². The normalized spacial score (nSPS) is 11.2. The van der Waals surface area contributed by atoms with Crippen LogP contribution in [0.2, 0.25) is 0 Å². The maximum atomic E-state index is 14.3. The topological polar surface area (TPSA) is 55.8 Å². The number of carboxylic acids is 1. The Labute approximate surface area is 169 Å². The predicted molar refractivity (Wildman–Crippen MR) is 101 cm³/mol. The van der Waals surface area contributed by atoms with Gasteiger partial charge in [0.25, 0.3) is 0 Å². The standard InChI is InChI=1S/C22H16F4O4/c1-29-17-7-13(9-21(27)28)8-18(12-17)30-16-4-2-3-14(10-16)19-6-5-15(11-20(19)23)22(24,25)26/h2-8,10-12H,9H2,1H3,(H,27,28). The lowest BCUT2D eigenvalue weighted by atomic mass is 10.0. The Kier molecular flexibility index (Phi) is 5.96. The summed E-state index contributed by atoms with van der Waals surface area (Å²) in [6.45, 7) is 0. The fraction of sp³-hybridized carbons (Fsp3) is 0.136. The van der Waals surface area contributed by atoms with Crippen LogP contribution in [-0.4, -0.2) is 18.2 Å². The Balaban J connectivity index is 1.91. The summed E-state index contributed by atoms with van der Waals surface area (Å²) in [6, 6.07) is 13.1. The summed E-state index contributed by atoms with van der Waals surface area (Å²) in [7, 11) is 1.43. The van der Waals surface area contributed by atoms with Gasteiger partial charge >= 0.3 is 12.1 Å². The van der Waals surface area contributed by atoms with E-state index in [0.29, 0.717) is 34.4 Å². The minimum Gasteiger partial charge on any atom is -0.497 e. The smallest absolute Gasteiger partial charge is 0.416 e. The molecule has 0 aliphatic carbocycles. The fourth-order valence-corrected chi connectivity index (χ4v) is 2.87. The predicted octanol–water partition coefficient (Wildman–Crippen LogP) is 5.94. The van der Waals surface area contributed by atoms with Crippen LogP contribution < -0.4 is 9.47 Å². The number of benzene rings is 3. The highest BCUT2D eigenvalue weighted by Crippen LogP contribution is 2.34. The van der Waals surface area contributed by atoms with Crippen molar-refractivity contribution in [2.45, 2.75) is 12.6 Å². The van der Waals surface area contributed by atoms with E-state index in [1.807, 2.05) is 0 Å². The zero-order valence-electron chi connectivity index (χ0n) is 15.7. The van der Waals surface area contributed by atoms with Crippen LogP contribution in [0.4, 0.5) is 17.6 Å². The number of alkyl halides is 3. The minimum absolute atomic E-state index is 0.00865.